The summed E-state index contributed by atoms with van der Waals surface area (Å²) in [5.41, 5.74) is 3.64. The van der Waals surface area contributed by atoms with Crippen LogP contribution in [0.2, 0.25) is 0 Å². The Balaban J connectivity index is 2.28. The minimum Gasteiger partial charge on any atom is -0.354 e. The van der Waals surface area contributed by atoms with Crippen LogP contribution in [0.25, 0.3) is 0 Å². The van der Waals surface area contributed by atoms with Gasteiger partial charge in [0.2, 0.25) is 0 Å². The third-order valence-electron chi connectivity index (χ3n) is 2.71. The molecule has 3 nitrogen and oxygen atoms in total. The number of carbonyl (C=O) groups excluding carboxylic acids is 1. The zero-order chi connectivity index (χ0) is 13.0. The zero-order valence-electron chi connectivity index (χ0n) is 10.6. The van der Waals surface area contributed by atoms with Gasteiger partial charge in [-0.15, -0.1) is 0 Å². The number of pyridine rings is 1. The number of carbonyl (C=O) groups is 1. The van der Waals surface area contributed by atoms with E-state index >= 15 is 0 Å². The summed E-state index contributed by atoms with van der Waals surface area (Å²) in [6, 6.07) is 13.9. The van der Waals surface area contributed by atoms with E-state index in [1.54, 1.807) is 13.1 Å². The topological polar surface area (TPSA) is 42.0 Å². The lowest BCUT2D eigenvalue weighted by molar-refractivity contribution is 0.0958. The van der Waals surface area contributed by atoms with E-state index in [0.717, 1.165) is 17.7 Å². The Labute approximate surface area is 107 Å². The molecule has 0 saturated carbocycles. The summed E-state index contributed by atoms with van der Waals surface area (Å²) >= 11 is 0. The van der Waals surface area contributed by atoms with Gasteiger partial charge in [0.25, 0.3) is 5.91 Å². The second-order valence-electron chi connectivity index (χ2n) is 4.26. The Bertz CT molecular complexity index is 550. The molecule has 0 unspecified atom stereocenters. The lowest BCUT2D eigenvalue weighted by Crippen LogP contribution is -2.20. The molecular weight excluding hydrogens is 224 g/mol. The molecule has 1 amide bonds. The van der Waals surface area contributed by atoms with Gasteiger partial charge in [-0.3, -0.25) is 4.79 Å². The Morgan fingerprint density at radius 1 is 1.22 bits per heavy atom. The Morgan fingerprint density at radius 3 is 2.61 bits per heavy atom. The van der Waals surface area contributed by atoms with Gasteiger partial charge in [-0.05, 0) is 30.2 Å². The van der Waals surface area contributed by atoms with E-state index in [4.69, 9.17) is 0 Å². The average molecular weight is 240 g/mol. The van der Waals surface area contributed by atoms with Gasteiger partial charge < -0.3 is 5.32 Å². The van der Waals surface area contributed by atoms with Crippen LogP contribution < -0.4 is 5.32 Å². The second kappa shape index (κ2) is 5.45. The maximum Gasteiger partial charge on any atom is 0.269 e. The van der Waals surface area contributed by atoms with Crippen molar-refractivity contribution < 1.29 is 4.79 Å². The number of rotatable bonds is 3. The van der Waals surface area contributed by atoms with E-state index in [0.29, 0.717) is 5.69 Å². The molecular formula is C15H16N2O. The van der Waals surface area contributed by atoms with Crippen molar-refractivity contribution >= 4 is 5.91 Å². The van der Waals surface area contributed by atoms with Crippen LogP contribution in [0.5, 0.6) is 0 Å². The van der Waals surface area contributed by atoms with Crippen LogP contribution in [0, 0.1) is 6.92 Å². The quantitative estimate of drug-likeness (QED) is 0.894. The maximum absolute atomic E-state index is 11.6. The molecule has 1 heterocycles. The first-order chi connectivity index (χ1) is 8.69. The summed E-state index contributed by atoms with van der Waals surface area (Å²) in [5.74, 6) is -0.145. The summed E-state index contributed by atoms with van der Waals surface area (Å²) in [6.07, 6.45) is 0.743. The first kappa shape index (κ1) is 12.3. The van der Waals surface area contributed by atoms with Crippen molar-refractivity contribution in [3.63, 3.8) is 0 Å². The molecule has 0 aliphatic rings. The molecule has 0 aliphatic heterocycles. The van der Waals surface area contributed by atoms with Gasteiger partial charge in [0.1, 0.15) is 5.69 Å². The van der Waals surface area contributed by atoms with Crippen molar-refractivity contribution in [2.24, 2.45) is 0 Å². The molecule has 0 spiro atoms. The fraction of sp³-hybridized carbons (Fsp3) is 0.200. The fourth-order valence-corrected chi connectivity index (χ4v) is 1.88. The predicted molar refractivity (Wildman–Crippen MR) is 71.6 cm³/mol. The lowest BCUT2D eigenvalue weighted by atomic mass is 10.1. The van der Waals surface area contributed by atoms with E-state index in [2.05, 4.69) is 22.4 Å². The molecule has 0 radical (unpaired) electrons. The van der Waals surface area contributed by atoms with E-state index in [9.17, 15) is 4.79 Å². The molecule has 0 fully saturated rings. The smallest absolute Gasteiger partial charge is 0.269 e. The number of aromatic nitrogens is 1. The third-order valence-corrected chi connectivity index (χ3v) is 2.71. The van der Waals surface area contributed by atoms with E-state index in [-0.39, 0.29) is 5.91 Å². The van der Waals surface area contributed by atoms with Crippen LogP contribution in [0.3, 0.4) is 0 Å². The van der Waals surface area contributed by atoms with Crippen LogP contribution in [0.4, 0.5) is 0 Å². The molecule has 1 aromatic carbocycles. The molecule has 2 aromatic rings. The highest BCUT2D eigenvalue weighted by atomic mass is 16.1. The molecule has 92 valence electrons. The number of nitrogens with one attached hydrogen (secondary N) is 1. The number of nitrogens with zero attached hydrogens (tertiary/aromatic N) is 1. The SMILES string of the molecule is CNC(=O)c1cc(C)cc(Cc2ccccc2)n1. The number of hydrogen-bond donors (Lipinski definition) is 1. The summed E-state index contributed by atoms with van der Waals surface area (Å²) in [7, 11) is 1.61. The zero-order valence-corrected chi connectivity index (χ0v) is 10.6. The highest BCUT2D eigenvalue weighted by molar-refractivity contribution is 5.92. The normalized spacial score (nSPS) is 10.1. The van der Waals surface area contributed by atoms with Gasteiger partial charge in [0.15, 0.2) is 0 Å². The van der Waals surface area contributed by atoms with Crippen LogP contribution in [-0.2, 0) is 6.42 Å². The van der Waals surface area contributed by atoms with Gasteiger partial charge in [-0.25, -0.2) is 4.98 Å². The number of hydrogen-bond acceptors (Lipinski definition) is 2. The molecule has 0 saturated heterocycles. The van der Waals surface area contributed by atoms with Crippen molar-refractivity contribution in [3.8, 4) is 0 Å². The molecule has 0 bridgehead atoms. The minimum absolute atomic E-state index is 0.145. The number of amides is 1. The molecule has 18 heavy (non-hydrogen) atoms. The largest absolute Gasteiger partial charge is 0.354 e. The first-order valence-electron chi connectivity index (χ1n) is 5.92. The third kappa shape index (κ3) is 2.94. The Kier molecular flexibility index (Phi) is 3.72. The van der Waals surface area contributed by atoms with Crippen molar-refractivity contribution in [2.75, 3.05) is 7.05 Å². The van der Waals surface area contributed by atoms with Gasteiger partial charge in [-0.2, -0.15) is 0 Å². The average Bonchev–Trinajstić information content (AvgIpc) is 2.38. The fourth-order valence-electron chi connectivity index (χ4n) is 1.88. The lowest BCUT2D eigenvalue weighted by Gasteiger charge is -2.06. The number of aryl methyl sites for hydroxylation is 1. The summed E-state index contributed by atoms with van der Waals surface area (Å²) in [6.45, 7) is 1.97. The van der Waals surface area contributed by atoms with E-state index in [1.807, 2.05) is 31.2 Å². The van der Waals surface area contributed by atoms with Crippen LogP contribution in [0.15, 0.2) is 42.5 Å². The van der Waals surface area contributed by atoms with E-state index in [1.165, 1.54) is 5.56 Å². The predicted octanol–water partition coefficient (Wildman–Crippen LogP) is 2.34. The Morgan fingerprint density at radius 2 is 1.94 bits per heavy atom. The molecule has 0 aliphatic carbocycles. The standard InChI is InChI=1S/C15H16N2O/c1-11-8-13(10-12-6-4-3-5-7-12)17-14(9-11)15(18)16-2/h3-9H,10H2,1-2H3,(H,16,18). The molecule has 2 rings (SSSR count). The van der Waals surface area contributed by atoms with Gasteiger partial charge in [0.05, 0.1) is 0 Å². The first-order valence-corrected chi connectivity index (χ1v) is 5.92. The van der Waals surface area contributed by atoms with Crippen molar-refractivity contribution in [1.82, 2.24) is 10.3 Å². The van der Waals surface area contributed by atoms with Crippen LogP contribution in [0.1, 0.15) is 27.3 Å². The van der Waals surface area contributed by atoms with Crippen molar-refractivity contribution in [2.45, 2.75) is 13.3 Å². The summed E-state index contributed by atoms with van der Waals surface area (Å²) in [5, 5.41) is 2.60. The van der Waals surface area contributed by atoms with Gasteiger partial charge in [-0.1, -0.05) is 30.3 Å². The molecule has 0 atom stereocenters. The molecule has 1 aromatic heterocycles. The van der Waals surface area contributed by atoms with Crippen LogP contribution >= 0.6 is 0 Å². The summed E-state index contributed by atoms with van der Waals surface area (Å²) < 4.78 is 0. The maximum atomic E-state index is 11.6. The molecule has 1 N–H and O–H groups in total. The van der Waals surface area contributed by atoms with Crippen LogP contribution in [-0.4, -0.2) is 17.9 Å². The van der Waals surface area contributed by atoms with Crippen molar-refractivity contribution in [1.29, 1.82) is 0 Å². The monoisotopic (exact) mass is 240 g/mol. The number of benzene rings is 1. The Hall–Kier alpha value is -2.16. The summed E-state index contributed by atoms with van der Waals surface area (Å²) in [4.78, 5) is 16.0. The van der Waals surface area contributed by atoms with E-state index < -0.39 is 0 Å². The molecule has 3 heteroatoms. The highest BCUT2D eigenvalue weighted by Gasteiger charge is 2.07. The highest BCUT2D eigenvalue weighted by Crippen LogP contribution is 2.10. The van der Waals surface area contributed by atoms with Gasteiger partial charge >= 0.3 is 0 Å². The van der Waals surface area contributed by atoms with Crippen molar-refractivity contribution in [3.05, 3.63) is 65.0 Å². The van der Waals surface area contributed by atoms with Gasteiger partial charge in [0, 0.05) is 19.2 Å². The second-order valence-corrected chi connectivity index (χ2v) is 4.26. The minimum atomic E-state index is -0.145.